The van der Waals surface area contributed by atoms with Gasteiger partial charge >= 0.3 is 0 Å². The summed E-state index contributed by atoms with van der Waals surface area (Å²) in [6, 6.07) is 12.4. The Balaban J connectivity index is 2.05. The van der Waals surface area contributed by atoms with E-state index >= 15 is 0 Å². The van der Waals surface area contributed by atoms with E-state index in [2.05, 4.69) is 5.32 Å². The Labute approximate surface area is 151 Å². The number of hydrogen-bond donors (Lipinski definition) is 1. The highest BCUT2D eigenvalue weighted by Crippen LogP contribution is 2.26. The number of carbonyl (C=O) groups excluding carboxylic acids is 2. The third kappa shape index (κ3) is 4.98. The molecule has 0 radical (unpaired) electrons. The van der Waals surface area contributed by atoms with Crippen molar-refractivity contribution in [3.8, 4) is 0 Å². The maximum absolute atomic E-state index is 12.2. The van der Waals surface area contributed by atoms with Gasteiger partial charge in [-0.1, -0.05) is 41.4 Å². The van der Waals surface area contributed by atoms with Crippen LogP contribution in [0.25, 0.3) is 0 Å². The van der Waals surface area contributed by atoms with Crippen LogP contribution in [-0.4, -0.2) is 18.4 Å². The predicted molar refractivity (Wildman–Crippen MR) is 98.9 cm³/mol. The van der Waals surface area contributed by atoms with Crippen LogP contribution in [0.4, 0.5) is 11.4 Å². The molecule has 0 heterocycles. The van der Waals surface area contributed by atoms with E-state index < -0.39 is 0 Å². The second-order valence-electron chi connectivity index (χ2n) is 5.41. The maximum Gasteiger partial charge on any atom is 0.226 e. The third-order valence-corrected chi connectivity index (χ3v) is 3.96. The highest BCUT2D eigenvalue weighted by atomic mass is 35.5. The fraction of sp³-hybridized carbons (Fsp3) is 0.222. The van der Waals surface area contributed by atoms with Gasteiger partial charge in [0.25, 0.3) is 0 Å². The highest BCUT2D eigenvalue weighted by Gasteiger charge is 2.15. The second-order valence-corrected chi connectivity index (χ2v) is 6.28. The number of aryl methyl sites for hydroxylation is 1. The van der Waals surface area contributed by atoms with Crippen LogP contribution >= 0.6 is 23.2 Å². The molecule has 2 amide bonds. The van der Waals surface area contributed by atoms with Gasteiger partial charge < -0.3 is 10.2 Å². The molecule has 0 saturated carbocycles. The number of nitrogens with one attached hydrogen (secondary N) is 1. The topological polar surface area (TPSA) is 49.4 Å². The van der Waals surface area contributed by atoms with Crippen molar-refractivity contribution in [1.29, 1.82) is 0 Å². The number of para-hydroxylation sites is 1. The molecule has 0 bridgehead atoms. The zero-order valence-corrected chi connectivity index (χ0v) is 15.0. The standard InChI is InChI=1S/C18H18Cl2N2O2/c1-12-5-3-4-6-17(12)21-18(24)7-8-22(13(2)23)16-10-14(19)9-15(20)11-16/h3-6,9-11H,7-8H2,1-2H3,(H,21,24). The van der Waals surface area contributed by atoms with Crippen molar-refractivity contribution in [1.82, 2.24) is 0 Å². The van der Waals surface area contributed by atoms with Crippen LogP contribution in [-0.2, 0) is 9.59 Å². The number of amides is 2. The van der Waals surface area contributed by atoms with Crippen LogP contribution in [0.5, 0.6) is 0 Å². The van der Waals surface area contributed by atoms with E-state index in [1.54, 1.807) is 18.2 Å². The van der Waals surface area contributed by atoms with Gasteiger partial charge in [0.05, 0.1) is 0 Å². The second kappa shape index (κ2) is 8.18. The molecular formula is C18H18Cl2N2O2. The van der Waals surface area contributed by atoms with Crippen LogP contribution in [0.1, 0.15) is 18.9 Å². The summed E-state index contributed by atoms with van der Waals surface area (Å²) in [6.45, 7) is 3.60. The number of anilines is 2. The average Bonchev–Trinajstić information content (AvgIpc) is 2.48. The summed E-state index contributed by atoms with van der Waals surface area (Å²) in [5.74, 6) is -0.347. The molecule has 0 unspecified atom stereocenters. The van der Waals surface area contributed by atoms with Crippen LogP contribution < -0.4 is 10.2 Å². The summed E-state index contributed by atoms with van der Waals surface area (Å²) in [6.07, 6.45) is 0.165. The van der Waals surface area contributed by atoms with Gasteiger partial charge in [-0.15, -0.1) is 0 Å². The minimum absolute atomic E-state index is 0.163. The molecule has 0 atom stereocenters. The molecule has 2 rings (SSSR count). The Bertz CT molecular complexity index is 742. The summed E-state index contributed by atoms with van der Waals surface area (Å²) in [5, 5.41) is 3.73. The van der Waals surface area contributed by atoms with Gasteiger partial charge in [-0.2, -0.15) is 0 Å². The Morgan fingerprint density at radius 2 is 1.71 bits per heavy atom. The normalized spacial score (nSPS) is 10.3. The predicted octanol–water partition coefficient (Wildman–Crippen LogP) is 4.68. The summed E-state index contributed by atoms with van der Waals surface area (Å²) in [7, 11) is 0. The number of benzene rings is 2. The Hall–Kier alpha value is -2.04. The largest absolute Gasteiger partial charge is 0.326 e. The number of hydrogen-bond acceptors (Lipinski definition) is 2. The van der Waals surface area contributed by atoms with Gasteiger partial charge in [-0.05, 0) is 36.8 Å². The molecule has 1 N–H and O–H groups in total. The fourth-order valence-corrected chi connectivity index (χ4v) is 2.82. The molecule has 0 spiro atoms. The fourth-order valence-electron chi connectivity index (χ4n) is 2.30. The smallest absolute Gasteiger partial charge is 0.226 e. The first kappa shape index (κ1) is 18.3. The van der Waals surface area contributed by atoms with E-state index in [4.69, 9.17) is 23.2 Å². The molecule has 126 valence electrons. The van der Waals surface area contributed by atoms with Crippen molar-refractivity contribution < 1.29 is 9.59 Å². The number of nitrogens with zero attached hydrogens (tertiary/aromatic N) is 1. The maximum atomic E-state index is 12.2. The van der Waals surface area contributed by atoms with Crippen LogP contribution in [0, 0.1) is 6.92 Å². The summed E-state index contributed by atoms with van der Waals surface area (Å²) >= 11 is 12.0. The van der Waals surface area contributed by atoms with Crippen molar-refractivity contribution in [2.75, 3.05) is 16.8 Å². The van der Waals surface area contributed by atoms with Gasteiger partial charge in [0.1, 0.15) is 0 Å². The molecule has 0 aliphatic heterocycles. The van der Waals surface area contributed by atoms with Crippen molar-refractivity contribution in [2.45, 2.75) is 20.3 Å². The van der Waals surface area contributed by atoms with E-state index in [1.807, 2.05) is 31.2 Å². The quantitative estimate of drug-likeness (QED) is 0.836. The lowest BCUT2D eigenvalue weighted by molar-refractivity contribution is -0.117. The lowest BCUT2D eigenvalue weighted by Crippen LogP contribution is -2.32. The molecule has 0 aromatic heterocycles. The monoisotopic (exact) mass is 364 g/mol. The molecule has 0 saturated heterocycles. The molecular weight excluding hydrogens is 347 g/mol. The molecule has 4 nitrogen and oxygen atoms in total. The number of halogens is 2. The molecule has 24 heavy (non-hydrogen) atoms. The minimum atomic E-state index is -0.183. The SMILES string of the molecule is CC(=O)N(CCC(=O)Nc1ccccc1C)c1cc(Cl)cc(Cl)c1. The van der Waals surface area contributed by atoms with E-state index in [0.29, 0.717) is 15.7 Å². The van der Waals surface area contributed by atoms with Gasteiger partial charge in [-0.3, -0.25) is 9.59 Å². The van der Waals surface area contributed by atoms with Crippen molar-refractivity contribution >= 4 is 46.4 Å². The molecule has 0 fully saturated rings. The van der Waals surface area contributed by atoms with Gasteiger partial charge in [0.2, 0.25) is 11.8 Å². The zero-order chi connectivity index (χ0) is 17.7. The first-order chi connectivity index (χ1) is 11.4. The third-order valence-electron chi connectivity index (χ3n) is 3.52. The summed E-state index contributed by atoms with van der Waals surface area (Å²) in [5.41, 5.74) is 2.32. The van der Waals surface area contributed by atoms with Crippen LogP contribution in [0.3, 0.4) is 0 Å². The van der Waals surface area contributed by atoms with E-state index in [9.17, 15) is 9.59 Å². The molecule has 0 aliphatic carbocycles. The first-order valence-corrected chi connectivity index (χ1v) is 8.22. The summed E-state index contributed by atoms with van der Waals surface area (Å²) in [4.78, 5) is 25.5. The van der Waals surface area contributed by atoms with Gasteiger partial charge in [0, 0.05) is 41.3 Å². The molecule has 2 aromatic rings. The number of carbonyl (C=O) groups is 2. The Kier molecular flexibility index (Phi) is 6.23. The van der Waals surface area contributed by atoms with E-state index in [0.717, 1.165) is 11.3 Å². The van der Waals surface area contributed by atoms with Crippen LogP contribution in [0.2, 0.25) is 10.0 Å². The Morgan fingerprint density at radius 3 is 2.29 bits per heavy atom. The molecule has 0 aliphatic rings. The summed E-state index contributed by atoms with van der Waals surface area (Å²) < 4.78 is 0. The first-order valence-electron chi connectivity index (χ1n) is 7.46. The van der Waals surface area contributed by atoms with Gasteiger partial charge in [-0.25, -0.2) is 0 Å². The van der Waals surface area contributed by atoms with E-state index in [-0.39, 0.29) is 24.8 Å². The lowest BCUT2D eigenvalue weighted by Gasteiger charge is -2.21. The lowest BCUT2D eigenvalue weighted by atomic mass is 10.2. The minimum Gasteiger partial charge on any atom is -0.326 e. The van der Waals surface area contributed by atoms with Crippen molar-refractivity contribution in [3.63, 3.8) is 0 Å². The van der Waals surface area contributed by atoms with Crippen LogP contribution in [0.15, 0.2) is 42.5 Å². The van der Waals surface area contributed by atoms with Crippen molar-refractivity contribution in [3.05, 3.63) is 58.1 Å². The number of rotatable bonds is 5. The molecule has 2 aromatic carbocycles. The Morgan fingerprint density at radius 1 is 1.08 bits per heavy atom. The zero-order valence-electron chi connectivity index (χ0n) is 13.5. The van der Waals surface area contributed by atoms with Gasteiger partial charge in [0.15, 0.2) is 0 Å². The van der Waals surface area contributed by atoms with E-state index in [1.165, 1.54) is 11.8 Å². The average molecular weight is 365 g/mol. The molecule has 6 heteroatoms. The highest BCUT2D eigenvalue weighted by molar-refractivity contribution is 6.35. The van der Waals surface area contributed by atoms with Crippen molar-refractivity contribution in [2.24, 2.45) is 0 Å².